The number of thiophene rings is 1. The normalized spacial score (nSPS) is 11.0. The van der Waals surface area contributed by atoms with E-state index in [9.17, 15) is 0 Å². The van der Waals surface area contributed by atoms with Crippen LogP contribution in [0.3, 0.4) is 0 Å². The van der Waals surface area contributed by atoms with Crippen molar-refractivity contribution in [1.82, 2.24) is 10.2 Å². The highest BCUT2D eigenvalue weighted by Crippen LogP contribution is 2.25. The molecular weight excluding hydrogens is 220 g/mol. The minimum absolute atomic E-state index is 0.967. The first kappa shape index (κ1) is 13.5. The molecule has 4 heteroatoms. The fraction of sp³-hybridized carbons (Fsp3) is 0.667. The first-order chi connectivity index (χ1) is 7.77. The van der Waals surface area contributed by atoms with Crippen molar-refractivity contribution >= 4 is 11.3 Å². The van der Waals surface area contributed by atoms with Gasteiger partial charge in [0.05, 0.1) is 12.0 Å². The second-order valence-electron chi connectivity index (χ2n) is 3.90. The zero-order valence-corrected chi connectivity index (χ0v) is 11.3. The van der Waals surface area contributed by atoms with Crippen LogP contribution in [0.1, 0.15) is 18.2 Å². The Balaban J connectivity index is 2.25. The molecule has 1 aromatic rings. The maximum absolute atomic E-state index is 5.30. The van der Waals surface area contributed by atoms with Gasteiger partial charge in [0.15, 0.2) is 0 Å². The van der Waals surface area contributed by atoms with Gasteiger partial charge in [0, 0.05) is 19.6 Å². The summed E-state index contributed by atoms with van der Waals surface area (Å²) in [5.74, 6) is 1.01. The molecule has 0 radical (unpaired) electrons. The van der Waals surface area contributed by atoms with Crippen LogP contribution in [0, 0.1) is 0 Å². The Kier molecular flexibility index (Phi) is 6.45. The van der Waals surface area contributed by atoms with Gasteiger partial charge in [-0.15, -0.1) is 11.3 Å². The zero-order chi connectivity index (χ0) is 11.8. The molecule has 1 aromatic heterocycles. The van der Waals surface area contributed by atoms with E-state index < -0.39 is 0 Å². The van der Waals surface area contributed by atoms with E-state index in [2.05, 4.69) is 29.6 Å². The minimum atomic E-state index is 0.967. The second kappa shape index (κ2) is 7.65. The summed E-state index contributed by atoms with van der Waals surface area (Å²) in [7, 11) is 3.88. The fourth-order valence-electron chi connectivity index (χ4n) is 1.52. The first-order valence-electron chi connectivity index (χ1n) is 5.77. The molecule has 0 amide bonds. The van der Waals surface area contributed by atoms with Crippen LogP contribution in [0.25, 0.3) is 0 Å². The molecule has 0 saturated heterocycles. The van der Waals surface area contributed by atoms with Crippen molar-refractivity contribution in [1.29, 1.82) is 0 Å². The van der Waals surface area contributed by atoms with Crippen molar-refractivity contribution in [2.24, 2.45) is 0 Å². The topological polar surface area (TPSA) is 24.5 Å². The summed E-state index contributed by atoms with van der Waals surface area (Å²) in [6.07, 6.45) is 1.20. The van der Waals surface area contributed by atoms with Crippen LogP contribution in [0.5, 0.6) is 5.75 Å². The van der Waals surface area contributed by atoms with Crippen molar-refractivity contribution in [3.05, 3.63) is 16.3 Å². The van der Waals surface area contributed by atoms with Gasteiger partial charge in [-0.05, 0) is 31.5 Å². The number of hydrogen-bond donors (Lipinski definition) is 1. The van der Waals surface area contributed by atoms with Crippen LogP contribution in [0.15, 0.2) is 11.4 Å². The van der Waals surface area contributed by atoms with Crippen LogP contribution in [-0.2, 0) is 6.54 Å². The lowest BCUT2D eigenvalue weighted by Gasteiger charge is -2.16. The summed E-state index contributed by atoms with van der Waals surface area (Å²) in [5.41, 5.74) is 0. The molecule has 0 aromatic carbocycles. The lowest BCUT2D eigenvalue weighted by molar-refractivity contribution is 0.319. The Morgan fingerprint density at radius 3 is 2.94 bits per heavy atom. The lowest BCUT2D eigenvalue weighted by atomic mass is 10.4. The Hall–Kier alpha value is -0.580. The van der Waals surface area contributed by atoms with Gasteiger partial charge in [0.2, 0.25) is 0 Å². The number of ether oxygens (including phenoxy) is 1. The standard InChI is InChI=1S/C12H22N2OS/c1-4-6-13-7-8-14(2)10-12-11(15-3)5-9-16-12/h5,9,13H,4,6-8,10H2,1-3H3. The molecule has 0 aliphatic heterocycles. The fourth-order valence-corrected chi connectivity index (χ4v) is 2.44. The summed E-state index contributed by atoms with van der Waals surface area (Å²) in [5, 5.41) is 5.49. The molecule has 0 unspecified atom stereocenters. The van der Waals surface area contributed by atoms with Gasteiger partial charge in [-0.1, -0.05) is 6.92 Å². The van der Waals surface area contributed by atoms with Gasteiger partial charge in [0.25, 0.3) is 0 Å². The maximum atomic E-state index is 5.30. The highest BCUT2D eigenvalue weighted by Gasteiger charge is 2.07. The number of nitrogens with zero attached hydrogens (tertiary/aromatic N) is 1. The molecule has 0 fully saturated rings. The minimum Gasteiger partial charge on any atom is -0.496 e. The summed E-state index contributed by atoms with van der Waals surface area (Å²) in [6.45, 7) is 6.39. The van der Waals surface area contributed by atoms with Gasteiger partial charge >= 0.3 is 0 Å². The molecule has 0 aliphatic rings. The average Bonchev–Trinajstić information content (AvgIpc) is 2.71. The van der Waals surface area contributed by atoms with E-state index in [0.717, 1.165) is 31.9 Å². The summed E-state index contributed by atoms with van der Waals surface area (Å²) in [6, 6.07) is 2.03. The predicted octanol–water partition coefficient (Wildman–Crippen LogP) is 2.19. The molecule has 1 N–H and O–H groups in total. The number of rotatable bonds is 8. The van der Waals surface area contributed by atoms with Crippen LogP contribution in [-0.4, -0.2) is 38.7 Å². The molecule has 3 nitrogen and oxygen atoms in total. The Morgan fingerprint density at radius 1 is 1.44 bits per heavy atom. The molecule has 0 saturated carbocycles. The van der Waals surface area contributed by atoms with E-state index in [1.165, 1.54) is 11.3 Å². The van der Waals surface area contributed by atoms with Gasteiger partial charge in [-0.3, -0.25) is 4.90 Å². The third-order valence-electron chi connectivity index (χ3n) is 2.44. The lowest BCUT2D eigenvalue weighted by Crippen LogP contribution is -2.29. The molecular formula is C12H22N2OS. The largest absolute Gasteiger partial charge is 0.496 e. The van der Waals surface area contributed by atoms with Crippen LogP contribution >= 0.6 is 11.3 Å². The van der Waals surface area contributed by atoms with E-state index in [1.54, 1.807) is 18.4 Å². The number of likely N-dealkylation sites (N-methyl/N-ethyl adjacent to an activating group) is 1. The highest BCUT2D eigenvalue weighted by atomic mass is 32.1. The molecule has 16 heavy (non-hydrogen) atoms. The Bertz CT molecular complexity index is 288. The molecule has 92 valence electrons. The van der Waals surface area contributed by atoms with Gasteiger partial charge < -0.3 is 10.1 Å². The highest BCUT2D eigenvalue weighted by molar-refractivity contribution is 7.10. The maximum Gasteiger partial charge on any atom is 0.134 e. The number of nitrogens with one attached hydrogen (secondary N) is 1. The van der Waals surface area contributed by atoms with Crippen molar-refractivity contribution in [3.8, 4) is 5.75 Å². The summed E-state index contributed by atoms with van der Waals surface area (Å²) < 4.78 is 5.30. The second-order valence-corrected chi connectivity index (χ2v) is 4.90. The zero-order valence-electron chi connectivity index (χ0n) is 10.5. The third-order valence-corrected chi connectivity index (χ3v) is 3.32. The van der Waals surface area contributed by atoms with Crippen molar-refractivity contribution in [3.63, 3.8) is 0 Å². The average molecular weight is 242 g/mol. The number of hydrogen-bond acceptors (Lipinski definition) is 4. The van der Waals surface area contributed by atoms with E-state index in [-0.39, 0.29) is 0 Å². The predicted molar refractivity (Wildman–Crippen MR) is 70.4 cm³/mol. The molecule has 1 rings (SSSR count). The van der Waals surface area contributed by atoms with Gasteiger partial charge in [0.1, 0.15) is 5.75 Å². The van der Waals surface area contributed by atoms with E-state index in [0.29, 0.717) is 0 Å². The van der Waals surface area contributed by atoms with Crippen LogP contribution in [0.4, 0.5) is 0 Å². The summed E-state index contributed by atoms with van der Waals surface area (Å²) >= 11 is 1.76. The monoisotopic (exact) mass is 242 g/mol. The van der Waals surface area contributed by atoms with Crippen LogP contribution < -0.4 is 10.1 Å². The van der Waals surface area contributed by atoms with Crippen LogP contribution in [0.2, 0.25) is 0 Å². The summed E-state index contributed by atoms with van der Waals surface area (Å²) in [4.78, 5) is 3.62. The van der Waals surface area contributed by atoms with E-state index >= 15 is 0 Å². The Labute approximate surface area is 102 Å². The van der Waals surface area contributed by atoms with E-state index in [1.807, 2.05) is 6.07 Å². The van der Waals surface area contributed by atoms with Gasteiger partial charge in [-0.2, -0.15) is 0 Å². The molecule has 0 bridgehead atoms. The van der Waals surface area contributed by atoms with Crippen molar-refractivity contribution in [2.75, 3.05) is 33.8 Å². The van der Waals surface area contributed by atoms with E-state index in [4.69, 9.17) is 4.74 Å². The SMILES string of the molecule is CCCNCCN(C)Cc1sccc1OC. The van der Waals surface area contributed by atoms with Gasteiger partial charge in [-0.25, -0.2) is 0 Å². The van der Waals surface area contributed by atoms with Crippen molar-refractivity contribution in [2.45, 2.75) is 19.9 Å². The third kappa shape index (κ3) is 4.51. The number of methoxy groups -OCH3 is 1. The Morgan fingerprint density at radius 2 is 2.25 bits per heavy atom. The molecule has 0 atom stereocenters. The molecule has 0 spiro atoms. The quantitative estimate of drug-likeness (QED) is 0.707. The smallest absolute Gasteiger partial charge is 0.134 e. The molecule has 0 aliphatic carbocycles. The molecule has 1 heterocycles. The first-order valence-corrected chi connectivity index (χ1v) is 6.65. The van der Waals surface area contributed by atoms with Crippen molar-refractivity contribution < 1.29 is 4.74 Å².